The van der Waals surface area contributed by atoms with Crippen molar-refractivity contribution in [1.29, 1.82) is 0 Å². The maximum atomic E-state index is 12.3. The zero-order chi connectivity index (χ0) is 16.6. The normalized spacial score (nSPS) is 12.3. The fraction of sp³-hybridized carbons (Fsp3) is 0.222. The van der Waals surface area contributed by atoms with Gasteiger partial charge >= 0.3 is 0 Å². The van der Waals surface area contributed by atoms with Gasteiger partial charge in [-0.2, -0.15) is 0 Å². The molecule has 2 heterocycles. The van der Waals surface area contributed by atoms with Crippen molar-refractivity contribution in [2.75, 3.05) is 0 Å². The molecular formula is C18H18N2O3. The molecular weight excluding hydrogens is 292 g/mol. The molecule has 5 nitrogen and oxygen atoms in total. The maximum Gasteiger partial charge on any atom is 0.260 e. The van der Waals surface area contributed by atoms with Gasteiger partial charge in [-0.25, -0.2) is 0 Å². The zero-order valence-corrected chi connectivity index (χ0v) is 13.3. The fourth-order valence-electron chi connectivity index (χ4n) is 2.70. The Labute approximate surface area is 133 Å². The van der Waals surface area contributed by atoms with Crippen LogP contribution in [0.5, 0.6) is 0 Å². The number of benzene rings is 1. The summed E-state index contributed by atoms with van der Waals surface area (Å²) in [7, 11) is 0. The van der Waals surface area contributed by atoms with Gasteiger partial charge in [0.1, 0.15) is 16.9 Å². The Morgan fingerprint density at radius 3 is 2.61 bits per heavy atom. The van der Waals surface area contributed by atoms with E-state index < -0.39 is 11.5 Å². The Bertz CT molecular complexity index is 937. The third-order valence-electron chi connectivity index (χ3n) is 3.92. The minimum Gasteiger partial charge on any atom is -0.459 e. The molecule has 0 saturated heterocycles. The number of rotatable bonds is 3. The van der Waals surface area contributed by atoms with Crippen LogP contribution in [0.25, 0.3) is 11.0 Å². The van der Waals surface area contributed by atoms with Crippen LogP contribution in [0.3, 0.4) is 0 Å². The molecule has 3 rings (SSSR count). The number of fused-ring (bicyclic) bond motifs is 1. The number of furan rings is 1. The molecule has 5 heteroatoms. The molecule has 0 aliphatic carbocycles. The van der Waals surface area contributed by atoms with Gasteiger partial charge in [-0.1, -0.05) is 18.2 Å². The van der Waals surface area contributed by atoms with Crippen molar-refractivity contribution in [2.45, 2.75) is 26.8 Å². The monoisotopic (exact) mass is 310 g/mol. The van der Waals surface area contributed by atoms with E-state index in [2.05, 4.69) is 10.3 Å². The molecule has 0 radical (unpaired) electrons. The molecule has 0 bridgehead atoms. The quantitative estimate of drug-likeness (QED) is 0.780. The van der Waals surface area contributed by atoms with Gasteiger partial charge < -0.3 is 14.7 Å². The highest BCUT2D eigenvalue weighted by Crippen LogP contribution is 2.29. The molecule has 1 atom stereocenters. The molecule has 0 saturated carbocycles. The number of para-hydroxylation sites is 1. The third-order valence-corrected chi connectivity index (χ3v) is 3.92. The molecule has 0 spiro atoms. The summed E-state index contributed by atoms with van der Waals surface area (Å²) in [6.45, 7) is 5.57. The summed E-state index contributed by atoms with van der Waals surface area (Å²) in [6, 6.07) is 10.6. The van der Waals surface area contributed by atoms with Gasteiger partial charge in [0.15, 0.2) is 0 Å². The number of pyridine rings is 1. The largest absolute Gasteiger partial charge is 0.459 e. The third kappa shape index (κ3) is 2.77. The highest BCUT2D eigenvalue weighted by Gasteiger charge is 2.20. The number of H-pyrrole nitrogens is 1. The Morgan fingerprint density at radius 2 is 1.91 bits per heavy atom. The molecule has 1 amide bonds. The average Bonchev–Trinajstić information content (AvgIpc) is 2.85. The summed E-state index contributed by atoms with van der Waals surface area (Å²) in [5, 5.41) is 3.85. The molecule has 0 unspecified atom stereocenters. The first-order chi connectivity index (χ1) is 11.0. The molecule has 0 aliphatic heterocycles. The van der Waals surface area contributed by atoms with E-state index >= 15 is 0 Å². The molecule has 23 heavy (non-hydrogen) atoms. The fourth-order valence-corrected chi connectivity index (χ4v) is 2.70. The number of carbonyl (C=O) groups excluding carboxylic acids is 1. The summed E-state index contributed by atoms with van der Waals surface area (Å²) in [5.74, 6) is 0.279. The van der Waals surface area contributed by atoms with Gasteiger partial charge in [0.25, 0.3) is 11.5 Å². The first-order valence-electron chi connectivity index (χ1n) is 7.46. The first kappa shape index (κ1) is 15.1. The number of carbonyl (C=O) groups is 1. The van der Waals surface area contributed by atoms with Gasteiger partial charge in [-0.3, -0.25) is 9.59 Å². The van der Waals surface area contributed by atoms with Crippen LogP contribution in [0.15, 0.2) is 45.6 Å². The van der Waals surface area contributed by atoms with E-state index in [0.29, 0.717) is 11.5 Å². The lowest BCUT2D eigenvalue weighted by Gasteiger charge is -2.12. The molecule has 118 valence electrons. The van der Waals surface area contributed by atoms with E-state index in [0.717, 1.165) is 16.5 Å². The van der Waals surface area contributed by atoms with E-state index in [1.165, 1.54) is 6.07 Å². The number of aryl methyl sites for hydroxylation is 2. The molecule has 3 aromatic rings. The minimum absolute atomic E-state index is 0.0937. The maximum absolute atomic E-state index is 12.3. The Hall–Kier alpha value is -2.82. The number of nitrogens with one attached hydrogen (secondary N) is 2. The lowest BCUT2D eigenvalue weighted by atomic mass is 10.1. The predicted octanol–water partition coefficient (Wildman–Crippen LogP) is 3.23. The second-order valence-electron chi connectivity index (χ2n) is 5.67. The molecule has 2 N–H and O–H groups in total. The predicted molar refractivity (Wildman–Crippen MR) is 88.6 cm³/mol. The van der Waals surface area contributed by atoms with Crippen molar-refractivity contribution in [2.24, 2.45) is 0 Å². The summed E-state index contributed by atoms with van der Waals surface area (Å²) in [6.07, 6.45) is 0. The molecule has 0 aliphatic rings. The van der Waals surface area contributed by atoms with Crippen LogP contribution in [0.1, 0.15) is 40.3 Å². The SMILES string of the molecule is Cc1ccc(C(=O)N[C@H](C)c2oc3ccccc3c2C)c(=O)[nH]1. The second-order valence-corrected chi connectivity index (χ2v) is 5.67. The van der Waals surface area contributed by atoms with Gasteiger partial charge in [-0.15, -0.1) is 0 Å². The first-order valence-corrected chi connectivity index (χ1v) is 7.46. The Kier molecular flexibility index (Phi) is 3.78. The zero-order valence-electron chi connectivity index (χ0n) is 13.3. The molecule has 0 fully saturated rings. The highest BCUT2D eigenvalue weighted by molar-refractivity contribution is 5.94. The number of amides is 1. The van der Waals surface area contributed by atoms with Crippen LogP contribution in [-0.4, -0.2) is 10.9 Å². The number of hydrogen-bond donors (Lipinski definition) is 2. The van der Waals surface area contributed by atoms with Crippen molar-refractivity contribution in [3.05, 3.63) is 69.3 Å². The average molecular weight is 310 g/mol. The van der Waals surface area contributed by atoms with Crippen molar-refractivity contribution in [3.63, 3.8) is 0 Å². The van der Waals surface area contributed by atoms with Gasteiger partial charge in [0.2, 0.25) is 0 Å². The number of aromatic amines is 1. The van der Waals surface area contributed by atoms with E-state index in [-0.39, 0.29) is 11.6 Å². The minimum atomic E-state index is -0.418. The van der Waals surface area contributed by atoms with Crippen LogP contribution < -0.4 is 10.9 Å². The molecule has 2 aromatic heterocycles. The lowest BCUT2D eigenvalue weighted by Crippen LogP contribution is -2.31. The van der Waals surface area contributed by atoms with Gasteiger partial charge in [0.05, 0.1) is 6.04 Å². The highest BCUT2D eigenvalue weighted by atomic mass is 16.3. The topological polar surface area (TPSA) is 75.1 Å². The van der Waals surface area contributed by atoms with Crippen molar-refractivity contribution in [1.82, 2.24) is 10.3 Å². The second kappa shape index (κ2) is 5.76. The van der Waals surface area contributed by atoms with Crippen LogP contribution >= 0.6 is 0 Å². The Balaban J connectivity index is 1.88. The van der Waals surface area contributed by atoms with Crippen molar-refractivity contribution in [3.8, 4) is 0 Å². The summed E-state index contributed by atoms with van der Waals surface area (Å²) < 4.78 is 5.85. The van der Waals surface area contributed by atoms with Gasteiger partial charge in [-0.05, 0) is 39.0 Å². The van der Waals surface area contributed by atoms with Crippen molar-refractivity contribution >= 4 is 16.9 Å². The van der Waals surface area contributed by atoms with Crippen LogP contribution in [-0.2, 0) is 0 Å². The van der Waals surface area contributed by atoms with Gasteiger partial charge in [0, 0.05) is 16.6 Å². The van der Waals surface area contributed by atoms with Crippen LogP contribution in [0.2, 0.25) is 0 Å². The standard InChI is InChI=1S/C18H18N2O3/c1-10-8-9-14(17(21)19-10)18(22)20-12(3)16-11(2)13-6-4-5-7-15(13)23-16/h4-9,12H,1-3H3,(H,19,21)(H,20,22)/t12-/m1/s1. The van der Waals surface area contributed by atoms with E-state index in [1.54, 1.807) is 13.0 Å². The Morgan fingerprint density at radius 1 is 1.17 bits per heavy atom. The summed E-state index contributed by atoms with van der Waals surface area (Å²) >= 11 is 0. The smallest absolute Gasteiger partial charge is 0.260 e. The van der Waals surface area contributed by atoms with Crippen LogP contribution in [0, 0.1) is 13.8 Å². The summed E-state index contributed by atoms with van der Waals surface area (Å²) in [5.41, 5.74) is 2.19. The van der Waals surface area contributed by atoms with E-state index in [4.69, 9.17) is 4.42 Å². The van der Waals surface area contributed by atoms with E-state index in [9.17, 15) is 9.59 Å². The van der Waals surface area contributed by atoms with Crippen LogP contribution in [0.4, 0.5) is 0 Å². The number of hydrogen-bond acceptors (Lipinski definition) is 3. The van der Waals surface area contributed by atoms with Crippen molar-refractivity contribution < 1.29 is 9.21 Å². The summed E-state index contributed by atoms with van der Waals surface area (Å²) in [4.78, 5) is 26.8. The number of aromatic nitrogens is 1. The van der Waals surface area contributed by atoms with E-state index in [1.807, 2.05) is 38.1 Å². The lowest BCUT2D eigenvalue weighted by molar-refractivity contribution is 0.0934. The molecule has 1 aromatic carbocycles.